The minimum Gasteiger partial charge on any atom is -0.351 e. The maximum absolute atomic E-state index is 12.2. The summed E-state index contributed by atoms with van der Waals surface area (Å²) in [7, 11) is 1.92. The Kier molecular flexibility index (Phi) is 5.17. The normalized spacial score (nSPS) is 22.8. The van der Waals surface area contributed by atoms with Gasteiger partial charge in [-0.2, -0.15) is 5.10 Å². The van der Waals surface area contributed by atoms with E-state index < -0.39 is 0 Å². The highest BCUT2D eigenvalue weighted by Crippen LogP contribution is 2.19. The second-order valence-electron chi connectivity index (χ2n) is 5.65. The zero-order valence-corrected chi connectivity index (χ0v) is 12.8. The van der Waals surface area contributed by atoms with E-state index in [1.807, 2.05) is 17.9 Å². The third kappa shape index (κ3) is 3.60. The molecule has 1 aromatic heterocycles. The van der Waals surface area contributed by atoms with Crippen LogP contribution in [0, 0.1) is 5.92 Å². The SMILES string of the molecule is CCc1nn(C)cc1CNC(=O)C1CC(CC)CCN1. The first-order valence-corrected chi connectivity index (χ1v) is 7.66. The van der Waals surface area contributed by atoms with Gasteiger partial charge in [0.15, 0.2) is 0 Å². The van der Waals surface area contributed by atoms with Gasteiger partial charge in [-0.15, -0.1) is 0 Å². The number of carbonyl (C=O) groups excluding carboxylic acids is 1. The van der Waals surface area contributed by atoms with Crippen LogP contribution in [0.4, 0.5) is 0 Å². The highest BCUT2D eigenvalue weighted by molar-refractivity contribution is 5.81. The van der Waals surface area contributed by atoms with Gasteiger partial charge in [-0.25, -0.2) is 0 Å². The first-order chi connectivity index (χ1) is 9.63. The summed E-state index contributed by atoms with van der Waals surface area (Å²) in [5.74, 6) is 0.797. The Morgan fingerprint density at radius 1 is 1.55 bits per heavy atom. The molecule has 2 atom stereocenters. The van der Waals surface area contributed by atoms with E-state index >= 15 is 0 Å². The third-order valence-corrected chi connectivity index (χ3v) is 4.19. The summed E-state index contributed by atoms with van der Waals surface area (Å²) in [5.41, 5.74) is 2.18. The maximum Gasteiger partial charge on any atom is 0.237 e. The Hall–Kier alpha value is -1.36. The molecule has 1 amide bonds. The molecule has 1 aliphatic rings. The fraction of sp³-hybridized carbons (Fsp3) is 0.733. The number of aromatic nitrogens is 2. The number of aryl methyl sites for hydroxylation is 2. The van der Waals surface area contributed by atoms with E-state index in [4.69, 9.17) is 0 Å². The Morgan fingerprint density at radius 3 is 3.05 bits per heavy atom. The summed E-state index contributed by atoms with van der Waals surface area (Å²) in [6, 6.07) is -0.0320. The molecule has 0 saturated carbocycles. The van der Waals surface area contributed by atoms with Crippen molar-refractivity contribution in [3.05, 3.63) is 17.5 Å². The van der Waals surface area contributed by atoms with Crippen LogP contribution < -0.4 is 10.6 Å². The highest BCUT2D eigenvalue weighted by atomic mass is 16.2. The Morgan fingerprint density at radius 2 is 2.35 bits per heavy atom. The van der Waals surface area contributed by atoms with Crippen LogP contribution >= 0.6 is 0 Å². The fourth-order valence-corrected chi connectivity index (χ4v) is 2.90. The summed E-state index contributed by atoms with van der Waals surface area (Å²) in [5, 5.41) is 10.8. The molecular formula is C15H26N4O. The van der Waals surface area contributed by atoms with Gasteiger partial charge in [0.25, 0.3) is 0 Å². The van der Waals surface area contributed by atoms with Gasteiger partial charge in [-0.3, -0.25) is 9.48 Å². The number of nitrogens with one attached hydrogen (secondary N) is 2. The molecule has 1 saturated heterocycles. The second-order valence-corrected chi connectivity index (χ2v) is 5.65. The van der Waals surface area contributed by atoms with Crippen LogP contribution in [-0.4, -0.2) is 28.3 Å². The number of rotatable bonds is 5. The zero-order chi connectivity index (χ0) is 14.5. The Bertz CT molecular complexity index is 455. The van der Waals surface area contributed by atoms with Crippen LogP contribution in [0.3, 0.4) is 0 Å². The van der Waals surface area contributed by atoms with Crippen LogP contribution in [0.1, 0.15) is 44.4 Å². The van der Waals surface area contributed by atoms with Gasteiger partial charge in [0, 0.05) is 25.4 Å². The molecule has 5 nitrogen and oxygen atoms in total. The molecule has 1 aliphatic heterocycles. The summed E-state index contributed by atoms with van der Waals surface area (Å²) in [6.07, 6.45) is 6.18. The van der Waals surface area contributed by atoms with Crippen LogP contribution in [0.2, 0.25) is 0 Å². The molecule has 0 bridgehead atoms. The lowest BCUT2D eigenvalue weighted by molar-refractivity contribution is -0.124. The molecule has 2 rings (SSSR count). The monoisotopic (exact) mass is 278 g/mol. The van der Waals surface area contributed by atoms with E-state index in [0.29, 0.717) is 12.5 Å². The van der Waals surface area contributed by atoms with Gasteiger partial charge in [-0.05, 0) is 31.7 Å². The standard InChI is InChI=1S/C15H26N4O/c1-4-11-6-7-16-14(8-11)15(20)17-9-12-10-19(3)18-13(12)5-2/h10-11,14,16H,4-9H2,1-3H3,(H,17,20). The lowest BCUT2D eigenvalue weighted by Gasteiger charge is -2.28. The van der Waals surface area contributed by atoms with Crippen molar-refractivity contribution in [2.75, 3.05) is 6.54 Å². The molecular weight excluding hydrogens is 252 g/mol. The summed E-state index contributed by atoms with van der Waals surface area (Å²) in [6.45, 7) is 5.81. The van der Waals surface area contributed by atoms with Crippen molar-refractivity contribution in [1.82, 2.24) is 20.4 Å². The molecule has 0 aromatic carbocycles. The molecule has 0 radical (unpaired) electrons. The van der Waals surface area contributed by atoms with E-state index in [9.17, 15) is 4.79 Å². The maximum atomic E-state index is 12.2. The molecule has 1 fully saturated rings. The molecule has 2 heterocycles. The zero-order valence-electron chi connectivity index (χ0n) is 12.8. The van der Waals surface area contributed by atoms with Crippen molar-refractivity contribution in [3.63, 3.8) is 0 Å². The minimum absolute atomic E-state index is 0.0320. The summed E-state index contributed by atoms with van der Waals surface area (Å²) >= 11 is 0. The number of piperidine rings is 1. The lowest BCUT2D eigenvalue weighted by atomic mass is 9.90. The van der Waals surface area contributed by atoms with Crippen LogP contribution in [0.25, 0.3) is 0 Å². The summed E-state index contributed by atoms with van der Waals surface area (Å²) in [4.78, 5) is 12.2. The average molecular weight is 278 g/mol. The van der Waals surface area contributed by atoms with Crippen molar-refractivity contribution >= 4 is 5.91 Å². The number of nitrogens with zero attached hydrogens (tertiary/aromatic N) is 2. The minimum atomic E-state index is -0.0320. The quantitative estimate of drug-likeness (QED) is 0.855. The molecule has 20 heavy (non-hydrogen) atoms. The molecule has 1 aromatic rings. The van der Waals surface area contributed by atoms with Crippen molar-refractivity contribution < 1.29 is 4.79 Å². The van der Waals surface area contributed by atoms with Gasteiger partial charge < -0.3 is 10.6 Å². The van der Waals surface area contributed by atoms with Crippen molar-refractivity contribution in [3.8, 4) is 0 Å². The highest BCUT2D eigenvalue weighted by Gasteiger charge is 2.25. The number of hydrogen-bond donors (Lipinski definition) is 2. The topological polar surface area (TPSA) is 59.0 Å². The van der Waals surface area contributed by atoms with Crippen LogP contribution in [0.5, 0.6) is 0 Å². The van der Waals surface area contributed by atoms with Gasteiger partial charge in [-0.1, -0.05) is 20.3 Å². The number of hydrogen-bond acceptors (Lipinski definition) is 3. The molecule has 112 valence electrons. The average Bonchev–Trinajstić information content (AvgIpc) is 2.85. The Labute approximate surface area is 121 Å². The molecule has 2 N–H and O–H groups in total. The van der Waals surface area contributed by atoms with Gasteiger partial charge in [0.05, 0.1) is 11.7 Å². The van der Waals surface area contributed by atoms with Gasteiger partial charge in [0.1, 0.15) is 0 Å². The first-order valence-electron chi connectivity index (χ1n) is 7.66. The van der Waals surface area contributed by atoms with E-state index in [1.165, 1.54) is 6.42 Å². The first kappa shape index (κ1) is 15.0. The molecule has 0 aliphatic carbocycles. The molecule has 0 spiro atoms. The largest absolute Gasteiger partial charge is 0.351 e. The molecule has 5 heteroatoms. The number of carbonyl (C=O) groups is 1. The predicted octanol–water partition coefficient (Wildman–Crippen LogP) is 1.38. The smallest absolute Gasteiger partial charge is 0.237 e. The third-order valence-electron chi connectivity index (χ3n) is 4.19. The lowest BCUT2D eigenvalue weighted by Crippen LogP contribution is -2.48. The Balaban J connectivity index is 1.88. The van der Waals surface area contributed by atoms with Crippen LogP contribution in [-0.2, 0) is 24.8 Å². The molecule has 2 unspecified atom stereocenters. The van der Waals surface area contributed by atoms with Crippen molar-refractivity contribution in [2.45, 2.75) is 52.1 Å². The van der Waals surface area contributed by atoms with E-state index in [0.717, 1.165) is 37.1 Å². The van der Waals surface area contributed by atoms with E-state index in [1.54, 1.807) is 0 Å². The van der Waals surface area contributed by atoms with E-state index in [-0.39, 0.29) is 11.9 Å². The van der Waals surface area contributed by atoms with Crippen LogP contribution in [0.15, 0.2) is 6.20 Å². The van der Waals surface area contributed by atoms with Crippen molar-refractivity contribution in [2.24, 2.45) is 13.0 Å². The van der Waals surface area contributed by atoms with Gasteiger partial charge >= 0.3 is 0 Å². The summed E-state index contributed by atoms with van der Waals surface area (Å²) < 4.78 is 1.81. The fourth-order valence-electron chi connectivity index (χ4n) is 2.90. The second kappa shape index (κ2) is 6.88. The van der Waals surface area contributed by atoms with Crippen molar-refractivity contribution in [1.29, 1.82) is 0 Å². The van der Waals surface area contributed by atoms with E-state index in [2.05, 4.69) is 29.6 Å². The van der Waals surface area contributed by atoms with Gasteiger partial charge in [0.2, 0.25) is 5.91 Å². The predicted molar refractivity (Wildman–Crippen MR) is 79.2 cm³/mol. The number of amides is 1.